The molecule has 4 aliphatic rings. The van der Waals surface area contributed by atoms with E-state index in [0.29, 0.717) is 5.17 Å². The summed E-state index contributed by atoms with van der Waals surface area (Å²) in [5.74, 6) is 2.41. The van der Waals surface area contributed by atoms with Crippen LogP contribution >= 0.6 is 11.8 Å². The van der Waals surface area contributed by atoms with Crippen LogP contribution in [0.4, 0.5) is 0 Å². The van der Waals surface area contributed by atoms with E-state index in [-0.39, 0.29) is 11.3 Å². The summed E-state index contributed by atoms with van der Waals surface area (Å²) in [5.41, 5.74) is 8.22. The lowest BCUT2D eigenvalue weighted by atomic mass is 9.58. The van der Waals surface area contributed by atoms with E-state index in [1.165, 1.54) is 37.4 Å². The molecule has 0 saturated heterocycles. The molecular weight excluding hydrogens is 258 g/mol. The number of amides is 1. The van der Waals surface area contributed by atoms with E-state index in [1.807, 2.05) is 6.26 Å². The molecule has 4 aliphatic carbocycles. The second-order valence-electron chi connectivity index (χ2n) is 6.63. The number of nitrogens with zero attached hydrogens (tertiary/aromatic N) is 1. The summed E-state index contributed by atoms with van der Waals surface area (Å²) in [6.07, 6.45) is 10.4. The van der Waals surface area contributed by atoms with Crippen molar-refractivity contribution in [2.75, 3.05) is 6.26 Å². The maximum Gasteiger partial charge on any atom is 0.246 e. The second-order valence-corrected chi connectivity index (χ2v) is 7.46. The summed E-state index contributed by atoms with van der Waals surface area (Å²) < 4.78 is 0. The van der Waals surface area contributed by atoms with Crippen LogP contribution in [0.15, 0.2) is 5.10 Å². The van der Waals surface area contributed by atoms with Gasteiger partial charge in [-0.1, -0.05) is 24.6 Å². The van der Waals surface area contributed by atoms with Crippen LogP contribution in [0.2, 0.25) is 0 Å². The van der Waals surface area contributed by atoms with Crippen LogP contribution in [-0.2, 0) is 4.79 Å². The Hall–Kier alpha value is -0.710. The zero-order valence-corrected chi connectivity index (χ0v) is 12.3. The highest BCUT2D eigenvalue weighted by Crippen LogP contribution is 2.57. The van der Waals surface area contributed by atoms with Gasteiger partial charge in [-0.2, -0.15) is 0 Å². The molecule has 4 fully saturated rings. The summed E-state index contributed by atoms with van der Waals surface area (Å²) in [4.78, 5) is 12.6. The molecule has 0 aromatic carbocycles. The van der Waals surface area contributed by atoms with Gasteiger partial charge in [-0.15, -0.1) is 5.10 Å². The number of nitrogens with two attached hydrogens (primary N) is 1. The number of fused-ring (bicyclic) bond motifs is 1. The zero-order chi connectivity index (χ0) is 13.5. The van der Waals surface area contributed by atoms with Crippen molar-refractivity contribution in [3.63, 3.8) is 0 Å². The number of amidine groups is 1. The second kappa shape index (κ2) is 5.00. The van der Waals surface area contributed by atoms with E-state index in [4.69, 9.17) is 5.73 Å². The average Bonchev–Trinajstić information content (AvgIpc) is 2.62. The fourth-order valence-corrected chi connectivity index (χ4v) is 4.88. The number of hydrogen-bond acceptors (Lipinski definition) is 3. The van der Waals surface area contributed by atoms with Gasteiger partial charge < -0.3 is 5.73 Å². The van der Waals surface area contributed by atoms with E-state index in [0.717, 1.165) is 37.0 Å². The van der Waals surface area contributed by atoms with Crippen molar-refractivity contribution in [2.45, 2.75) is 44.9 Å². The first kappa shape index (κ1) is 13.3. The number of hydrazone groups is 1. The summed E-state index contributed by atoms with van der Waals surface area (Å²) in [6.45, 7) is 0. The molecule has 4 rings (SSSR count). The quantitative estimate of drug-likeness (QED) is 0.463. The molecule has 106 valence electrons. The van der Waals surface area contributed by atoms with Gasteiger partial charge in [0.25, 0.3) is 0 Å². The molecule has 0 aliphatic heterocycles. The normalized spacial score (nSPS) is 41.1. The summed E-state index contributed by atoms with van der Waals surface area (Å²) in [5, 5.41) is 4.41. The van der Waals surface area contributed by atoms with Crippen molar-refractivity contribution in [1.82, 2.24) is 5.43 Å². The van der Waals surface area contributed by atoms with Crippen LogP contribution in [0.1, 0.15) is 44.9 Å². The Balaban J connectivity index is 1.77. The van der Waals surface area contributed by atoms with Gasteiger partial charge >= 0.3 is 0 Å². The predicted molar refractivity (Wildman–Crippen MR) is 78.5 cm³/mol. The molecule has 3 N–H and O–H groups in total. The molecule has 19 heavy (non-hydrogen) atoms. The monoisotopic (exact) mass is 281 g/mol. The Labute approximate surface area is 119 Å². The molecule has 0 spiro atoms. The largest absolute Gasteiger partial charge is 0.377 e. The molecule has 4 nitrogen and oxygen atoms in total. The van der Waals surface area contributed by atoms with E-state index in [1.54, 1.807) is 0 Å². The molecule has 1 amide bonds. The van der Waals surface area contributed by atoms with Crippen molar-refractivity contribution in [3.05, 3.63) is 0 Å². The molecular formula is C14H23N3OS. The van der Waals surface area contributed by atoms with Crippen LogP contribution in [0.5, 0.6) is 0 Å². The Kier molecular flexibility index (Phi) is 3.50. The summed E-state index contributed by atoms with van der Waals surface area (Å²) in [7, 11) is 0. The lowest BCUT2D eigenvalue weighted by Gasteiger charge is -2.46. The van der Waals surface area contributed by atoms with E-state index in [9.17, 15) is 4.79 Å². The number of carbonyl (C=O) groups excluding carboxylic acids is 1. The minimum atomic E-state index is -0.144. The van der Waals surface area contributed by atoms with Gasteiger partial charge in [0.1, 0.15) is 0 Å². The predicted octanol–water partition coefficient (Wildman–Crippen LogP) is 2.30. The average molecular weight is 281 g/mol. The Morgan fingerprint density at radius 3 is 2.37 bits per heavy atom. The van der Waals surface area contributed by atoms with E-state index < -0.39 is 0 Å². The number of carbonyl (C=O) groups is 1. The zero-order valence-electron chi connectivity index (χ0n) is 11.5. The van der Waals surface area contributed by atoms with Crippen LogP contribution < -0.4 is 11.2 Å². The van der Waals surface area contributed by atoms with Gasteiger partial charge in [0.15, 0.2) is 5.17 Å². The fraction of sp³-hybridized carbons (Fsp3) is 0.857. The van der Waals surface area contributed by atoms with Gasteiger partial charge in [0, 0.05) is 0 Å². The number of rotatable bonds is 2. The van der Waals surface area contributed by atoms with Crippen molar-refractivity contribution in [2.24, 2.45) is 34.0 Å². The molecule has 4 saturated carbocycles. The van der Waals surface area contributed by atoms with Crippen LogP contribution in [0, 0.1) is 23.2 Å². The summed E-state index contributed by atoms with van der Waals surface area (Å²) >= 11 is 1.36. The maximum atomic E-state index is 12.6. The lowest BCUT2D eigenvalue weighted by molar-refractivity contribution is -0.138. The first-order valence-corrected chi connectivity index (χ1v) is 8.51. The molecule has 4 bridgehead atoms. The van der Waals surface area contributed by atoms with Gasteiger partial charge in [-0.25, -0.2) is 5.43 Å². The lowest BCUT2D eigenvalue weighted by Crippen LogP contribution is -2.47. The third kappa shape index (κ3) is 2.49. The topological polar surface area (TPSA) is 67.5 Å². The highest BCUT2D eigenvalue weighted by molar-refractivity contribution is 8.13. The Morgan fingerprint density at radius 2 is 1.79 bits per heavy atom. The molecule has 0 aromatic heterocycles. The van der Waals surface area contributed by atoms with Crippen molar-refractivity contribution in [1.29, 1.82) is 0 Å². The smallest absolute Gasteiger partial charge is 0.246 e. The first-order valence-electron chi connectivity index (χ1n) is 7.29. The number of nitrogens with one attached hydrogen (secondary N) is 1. The highest BCUT2D eigenvalue weighted by atomic mass is 32.2. The van der Waals surface area contributed by atoms with Gasteiger partial charge in [-0.3, -0.25) is 4.79 Å². The molecule has 0 radical (unpaired) electrons. The minimum Gasteiger partial charge on any atom is -0.377 e. The number of hydrogen-bond donors (Lipinski definition) is 2. The Morgan fingerprint density at radius 1 is 1.21 bits per heavy atom. The third-order valence-electron chi connectivity index (χ3n) is 5.31. The van der Waals surface area contributed by atoms with Crippen molar-refractivity contribution >= 4 is 22.8 Å². The summed E-state index contributed by atoms with van der Waals surface area (Å²) in [6, 6.07) is 0. The highest BCUT2D eigenvalue weighted by Gasteiger charge is 2.52. The molecule has 2 unspecified atom stereocenters. The molecule has 2 atom stereocenters. The molecule has 0 aromatic rings. The van der Waals surface area contributed by atoms with E-state index >= 15 is 0 Å². The first-order chi connectivity index (χ1) is 9.11. The van der Waals surface area contributed by atoms with Gasteiger partial charge in [0.2, 0.25) is 5.91 Å². The van der Waals surface area contributed by atoms with E-state index in [2.05, 4.69) is 10.5 Å². The molecule has 0 heterocycles. The molecule has 5 heteroatoms. The minimum absolute atomic E-state index is 0.116. The fourth-order valence-electron chi connectivity index (χ4n) is 4.74. The SMILES string of the molecule is CS/C(N)=N\NC(=O)C12CC3CCC(CC(C3)C1)C2. The Bertz CT molecular complexity index is 393. The van der Waals surface area contributed by atoms with Crippen LogP contribution in [0.25, 0.3) is 0 Å². The van der Waals surface area contributed by atoms with Crippen molar-refractivity contribution in [3.8, 4) is 0 Å². The standard InChI is InChI=1S/C14H23N3OS/c1-19-13(15)17-16-12(18)14-6-9-2-3-10(7-14)5-11(4-9)8-14/h9-11H,2-8H2,1H3,(H2,15,17)(H,16,18). The van der Waals surface area contributed by atoms with Crippen LogP contribution in [0.3, 0.4) is 0 Å². The van der Waals surface area contributed by atoms with Gasteiger partial charge in [0.05, 0.1) is 5.41 Å². The van der Waals surface area contributed by atoms with Crippen molar-refractivity contribution < 1.29 is 4.79 Å². The maximum absolute atomic E-state index is 12.6. The third-order valence-corrected chi connectivity index (χ3v) is 5.82. The van der Waals surface area contributed by atoms with Gasteiger partial charge in [-0.05, 0) is 56.1 Å². The number of thioether (sulfide) groups is 1. The van der Waals surface area contributed by atoms with Crippen LogP contribution in [-0.4, -0.2) is 17.3 Å².